The van der Waals surface area contributed by atoms with Gasteiger partial charge in [-0.1, -0.05) is 272 Å². The lowest BCUT2D eigenvalue weighted by Crippen LogP contribution is -2.61. The van der Waals surface area contributed by atoms with Crippen molar-refractivity contribution >= 4 is 11.9 Å². The molecule has 1 aliphatic rings. The number of carbonyl (C=O) groups excluding carboxylic acids is 2. The first-order chi connectivity index (χ1) is 38.2. The largest absolute Gasteiger partial charge is 0.454 e. The van der Waals surface area contributed by atoms with Crippen LogP contribution in [0.15, 0.2) is 97.2 Å². The average Bonchev–Trinajstić information content (AvgIpc) is 3.44. The summed E-state index contributed by atoms with van der Waals surface area (Å²) < 4.78 is 17.5. The fourth-order valence-electron chi connectivity index (χ4n) is 9.36. The SMILES string of the molecule is CC/C=C/C=C/C=C\C=C/C=C/CCCC(=O)OC1C(OCC(NC(=O)C(O)CCCCCCCCCCCCCCCC/C=C\C/C=C\CCCCC)C(O)/C=C/CCCCCCCCCCCC)OC(CO)C(O)C1O. The summed E-state index contributed by atoms with van der Waals surface area (Å²) in [4.78, 5) is 26.5. The van der Waals surface area contributed by atoms with Crippen molar-refractivity contribution in [2.45, 2.75) is 301 Å². The molecule has 11 heteroatoms. The maximum absolute atomic E-state index is 13.4. The zero-order chi connectivity index (χ0) is 56.8. The van der Waals surface area contributed by atoms with Gasteiger partial charge in [-0.25, -0.2) is 0 Å². The van der Waals surface area contributed by atoms with E-state index in [9.17, 15) is 35.1 Å². The molecule has 1 rings (SSSR count). The summed E-state index contributed by atoms with van der Waals surface area (Å²) in [5.41, 5.74) is 0. The number of hydrogen-bond donors (Lipinski definition) is 6. The van der Waals surface area contributed by atoms with E-state index in [1.54, 1.807) is 6.08 Å². The second-order valence-electron chi connectivity index (χ2n) is 21.5. The van der Waals surface area contributed by atoms with Crippen LogP contribution in [0.3, 0.4) is 0 Å². The smallest absolute Gasteiger partial charge is 0.306 e. The number of allylic oxidation sites excluding steroid dienone is 15. The van der Waals surface area contributed by atoms with Crippen LogP contribution in [-0.2, 0) is 23.8 Å². The van der Waals surface area contributed by atoms with Crippen molar-refractivity contribution in [1.29, 1.82) is 0 Å². The summed E-state index contributed by atoms with van der Waals surface area (Å²) in [5.74, 6) is -1.28. The minimum Gasteiger partial charge on any atom is -0.454 e. The summed E-state index contributed by atoms with van der Waals surface area (Å²) in [5, 5.41) is 56.9. The molecular formula is C67H115NO10. The van der Waals surface area contributed by atoms with Crippen molar-refractivity contribution in [1.82, 2.24) is 5.32 Å². The van der Waals surface area contributed by atoms with Gasteiger partial charge in [-0.15, -0.1) is 0 Å². The van der Waals surface area contributed by atoms with Crippen molar-refractivity contribution in [3.8, 4) is 0 Å². The van der Waals surface area contributed by atoms with Gasteiger partial charge in [0.2, 0.25) is 5.91 Å². The number of unbranched alkanes of at least 4 members (excludes halogenated alkanes) is 28. The Kier molecular flexibility index (Phi) is 50.4. The minimum absolute atomic E-state index is 0.0238. The molecule has 8 atom stereocenters. The van der Waals surface area contributed by atoms with Gasteiger partial charge in [-0.2, -0.15) is 0 Å². The Labute approximate surface area is 475 Å². The number of ether oxygens (including phenoxy) is 3. The highest BCUT2D eigenvalue weighted by Gasteiger charge is 2.47. The van der Waals surface area contributed by atoms with E-state index >= 15 is 0 Å². The summed E-state index contributed by atoms with van der Waals surface area (Å²) in [6.07, 6.45) is 61.8. The third-order valence-corrected chi connectivity index (χ3v) is 14.3. The molecular weight excluding hydrogens is 979 g/mol. The molecule has 1 fully saturated rings. The minimum atomic E-state index is -1.65. The van der Waals surface area contributed by atoms with Crippen LogP contribution >= 0.6 is 0 Å². The van der Waals surface area contributed by atoms with E-state index in [0.29, 0.717) is 19.3 Å². The van der Waals surface area contributed by atoms with Crippen LogP contribution in [-0.4, -0.2) is 99.6 Å². The molecule has 78 heavy (non-hydrogen) atoms. The predicted octanol–water partition coefficient (Wildman–Crippen LogP) is 15.1. The lowest BCUT2D eigenvalue weighted by Gasteiger charge is -2.41. The average molecular weight is 1090 g/mol. The fraction of sp³-hybridized carbons (Fsp3) is 0.731. The molecule has 1 saturated heterocycles. The van der Waals surface area contributed by atoms with Gasteiger partial charge < -0.3 is 45.1 Å². The third-order valence-electron chi connectivity index (χ3n) is 14.3. The number of carbonyl (C=O) groups is 2. The zero-order valence-corrected chi connectivity index (χ0v) is 49.5. The molecule has 1 amide bonds. The van der Waals surface area contributed by atoms with Crippen LogP contribution in [0.4, 0.5) is 0 Å². The fourth-order valence-corrected chi connectivity index (χ4v) is 9.36. The molecule has 1 heterocycles. The van der Waals surface area contributed by atoms with Crippen LogP contribution in [0.25, 0.3) is 0 Å². The molecule has 448 valence electrons. The highest BCUT2D eigenvalue weighted by molar-refractivity contribution is 5.80. The van der Waals surface area contributed by atoms with Crippen LogP contribution in [0.5, 0.6) is 0 Å². The normalized spacial score (nSPS) is 19.6. The predicted molar refractivity (Wildman–Crippen MR) is 324 cm³/mol. The Hall–Kier alpha value is -3.42. The maximum atomic E-state index is 13.4. The molecule has 1 aliphatic heterocycles. The molecule has 8 unspecified atom stereocenters. The first-order valence-corrected chi connectivity index (χ1v) is 31.6. The van der Waals surface area contributed by atoms with E-state index < -0.39 is 67.4 Å². The lowest BCUT2D eigenvalue weighted by atomic mass is 9.99. The lowest BCUT2D eigenvalue weighted by molar-refractivity contribution is -0.305. The van der Waals surface area contributed by atoms with Gasteiger partial charge in [-0.3, -0.25) is 9.59 Å². The van der Waals surface area contributed by atoms with E-state index in [-0.39, 0.29) is 19.4 Å². The molecule has 11 nitrogen and oxygen atoms in total. The number of aliphatic hydroxyl groups excluding tert-OH is 5. The van der Waals surface area contributed by atoms with Gasteiger partial charge >= 0.3 is 5.97 Å². The highest BCUT2D eigenvalue weighted by Crippen LogP contribution is 2.26. The number of nitrogens with one attached hydrogen (secondary N) is 1. The number of hydrogen-bond acceptors (Lipinski definition) is 10. The Morgan fingerprint density at radius 3 is 1.50 bits per heavy atom. The second kappa shape index (κ2) is 54.2. The zero-order valence-electron chi connectivity index (χ0n) is 49.5. The molecule has 0 aromatic heterocycles. The van der Waals surface area contributed by atoms with Gasteiger partial charge in [0.15, 0.2) is 12.4 Å². The van der Waals surface area contributed by atoms with Crippen molar-refractivity contribution in [3.05, 3.63) is 97.2 Å². The van der Waals surface area contributed by atoms with Crippen LogP contribution in [0.1, 0.15) is 252 Å². The molecule has 0 aromatic rings. The van der Waals surface area contributed by atoms with Crippen molar-refractivity contribution in [2.75, 3.05) is 13.2 Å². The summed E-state index contributed by atoms with van der Waals surface area (Å²) in [7, 11) is 0. The van der Waals surface area contributed by atoms with E-state index in [0.717, 1.165) is 57.8 Å². The number of esters is 1. The van der Waals surface area contributed by atoms with Gasteiger partial charge in [0.05, 0.1) is 25.4 Å². The van der Waals surface area contributed by atoms with Crippen molar-refractivity contribution < 1.29 is 49.3 Å². The quantitative estimate of drug-likeness (QED) is 0.0149. The topological polar surface area (TPSA) is 175 Å². The Bertz CT molecular complexity index is 1630. The van der Waals surface area contributed by atoms with E-state index in [4.69, 9.17) is 14.2 Å². The number of amides is 1. The second-order valence-corrected chi connectivity index (χ2v) is 21.5. The third kappa shape index (κ3) is 41.6. The molecule has 0 radical (unpaired) electrons. The first-order valence-electron chi connectivity index (χ1n) is 31.6. The Balaban J connectivity index is 2.64. The first kappa shape index (κ1) is 72.6. The summed E-state index contributed by atoms with van der Waals surface area (Å²) in [6.45, 7) is 5.57. The van der Waals surface area contributed by atoms with Gasteiger partial charge in [0.1, 0.15) is 24.4 Å². The molecule has 0 saturated carbocycles. The monoisotopic (exact) mass is 1090 g/mol. The molecule has 0 bridgehead atoms. The van der Waals surface area contributed by atoms with E-state index in [1.165, 1.54) is 141 Å². The van der Waals surface area contributed by atoms with Crippen LogP contribution in [0, 0.1) is 0 Å². The van der Waals surface area contributed by atoms with Gasteiger partial charge in [0.25, 0.3) is 0 Å². The van der Waals surface area contributed by atoms with Gasteiger partial charge in [0, 0.05) is 6.42 Å². The molecule has 0 spiro atoms. The van der Waals surface area contributed by atoms with Gasteiger partial charge in [-0.05, 0) is 70.6 Å². The van der Waals surface area contributed by atoms with Crippen molar-refractivity contribution in [2.24, 2.45) is 0 Å². The molecule has 6 N–H and O–H groups in total. The maximum Gasteiger partial charge on any atom is 0.306 e. The Morgan fingerprint density at radius 2 is 0.974 bits per heavy atom. The van der Waals surface area contributed by atoms with Crippen molar-refractivity contribution in [3.63, 3.8) is 0 Å². The van der Waals surface area contributed by atoms with Crippen LogP contribution in [0.2, 0.25) is 0 Å². The molecule has 0 aromatic carbocycles. The summed E-state index contributed by atoms with van der Waals surface area (Å²) in [6, 6.07) is -1.04. The van der Waals surface area contributed by atoms with E-state index in [2.05, 4.69) is 56.5 Å². The number of rotatable bonds is 52. The molecule has 0 aliphatic carbocycles. The highest BCUT2D eigenvalue weighted by atomic mass is 16.7. The standard InChI is InChI=1S/C67H115NO10/c1-4-7-10-13-16-19-22-25-26-27-28-29-30-31-32-33-34-35-37-39-42-45-48-51-54-60(71)66(75)68-58(59(70)53-50-47-44-41-38-24-21-18-15-12-9-6-3)57-76-67-65(64(74)63(73)61(56-69)77-67)78-62(72)55-52-49-46-43-40-36-23-20-17-14-11-8-5-2/h8,11,14,16-17,19-20,23,25-26,36,40,43,46,50,53,58-61,63-65,67,69-71,73-74H,4-7,9-10,12-13,15,18,21-22,24,27-35,37-39,41-42,44-45,47-49,51-52,54-57H2,1-3H3,(H,68,75)/b11-8+,17-14+,19-16-,23-20-,26-25-,40-36-,46-43+,53-50+. The Morgan fingerprint density at radius 1 is 0.526 bits per heavy atom. The van der Waals surface area contributed by atoms with Crippen LogP contribution < -0.4 is 5.32 Å². The number of aliphatic hydroxyl groups is 5. The summed E-state index contributed by atoms with van der Waals surface area (Å²) >= 11 is 0. The van der Waals surface area contributed by atoms with E-state index in [1.807, 2.05) is 60.8 Å².